The van der Waals surface area contributed by atoms with Crippen molar-refractivity contribution in [3.8, 4) is 0 Å². The van der Waals surface area contributed by atoms with Crippen LogP contribution in [0.5, 0.6) is 0 Å². The Labute approximate surface area is 180 Å². The molecule has 3 nitrogen and oxygen atoms in total. The fraction of sp³-hybridized carbons (Fsp3) is 0.381. The lowest BCUT2D eigenvalue weighted by molar-refractivity contribution is -0.265. The molecule has 2 aromatic rings. The normalized spacial score (nSPS) is 15.3. The Morgan fingerprint density at radius 2 is 1.55 bits per heavy atom. The highest BCUT2D eigenvalue weighted by molar-refractivity contribution is 8.00. The summed E-state index contributed by atoms with van der Waals surface area (Å²) >= 11 is 0.664. The zero-order valence-corrected chi connectivity index (χ0v) is 17.5. The van der Waals surface area contributed by atoms with Crippen molar-refractivity contribution in [2.75, 3.05) is 6.54 Å². The topological polar surface area (TPSA) is 40.5 Å². The molecule has 0 aliphatic carbocycles. The minimum Gasteiger partial charge on any atom is -0.378 e. The van der Waals surface area contributed by atoms with Crippen molar-refractivity contribution >= 4 is 17.7 Å². The van der Waals surface area contributed by atoms with Crippen molar-refractivity contribution in [1.82, 2.24) is 4.90 Å². The van der Waals surface area contributed by atoms with Crippen LogP contribution in [0.2, 0.25) is 0 Å². The molecule has 1 N–H and O–H groups in total. The van der Waals surface area contributed by atoms with Crippen LogP contribution in [-0.4, -0.2) is 45.7 Å². The van der Waals surface area contributed by atoms with Gasteiger partial charge in [0.25, 0.3) is 0 Å². The number of rotatable bonds is 7. The Bertz CT molecular complexity index is 870. The largest absolute Gasteiger partial charge is 0.471 e. The molecule has 1 amide bonds. The maximum Gasteiger partial charge on any atom is 0.471 e. The quantitative estimate of drug-likeness (QED) is 0.442. The van der Waals surface area contributed by atoms with E-state index in [1.807, 2.05) is 0 Å². The number of thioether (sulfide) groups is 1. The van der Waals surface area contributed by atoms with Crippen molar-refractivity contribution in [2.24, 2.45) is 0 Å². The van der Waals surface area contributed by atoms with Crippen molar-refractivity contribution < 1.29 is 36.2 Å². The van der Waals surface area contributed by atoms with Crippen LogP contribution in [-0.2, 0) is 11.3 Å². The molecule has 0 radical (unpaired) electrons. The Balaban J connectivity index is 2.38. The van der Waals surface area contributed by atoms with Crippen LogP contribution in [0.4, 0.5) is 26.3 Å². The summed E-state index contributed by atoms with van der Waals surface area (Å²) in [6.45, 7) is 0.550. The van der Waals surface area contributed by atoms with Crippen LogP contribution >= 0.6 is 11.8 Å². The fourth-order valence-corrected chi connectivity index (χ4v) is 3.95. The average molecular weight is 465 g/mol. The Morgan fingerprint density at radius 3 is 2.03 bits per heavy atom. The Hall–Kier alpha value is -2.20. The molecule has 0 aromatic heterocycles. The van der Waals surface area contributed by atoms with Gasteiger partial charge in [-0.2, -0.15) is 26.3 Å². The van der Waals surface area contributed by atoms with Gasteiger partial charge in [-0.3, -0.25) is 4.79 Å². The van der Waals surface area contributed by atoms with E-state index in [2.05, 4.69) is 0 Å². The van der Waals surface area contributed by atoms with Crippen LogP contribution in [0.25, 0.3) is 0 Å². The number of amides is 1. The number of hydrogen-bond donors (Lipinski definition) is 1. The summed E-state index contributed by atoms with van der Waals surface area (Å²) in [6, 6.07) is 13.7. The molecule has 0 fully saturated rings. The summed E-state index contributed by atoms with van der Waals surface area (Å²) in [7, 11) is 0. The SMILES string of the molecule is Cc1ccc(S[C@H](C)[C@](O)(CN(Cc2ccccc2)C(=O)C(F)(F)F)C(F)(F)F)cc1. The zero-order chi connectivity index (χ0) is 23.4. The number of aliphatic hydroxyl groups is 1. The third-order valence-electron chi connectivity index (χ3n) is 4.68. The van der Waals surface area contributed by atoms with Crippen LogP contribution in [0.3, 0.4) is 0 Å². The molecule has 170 valence electrons. The van der Waals surface area contributed by atoms with E-state index in [4.69, 9.17) is 0 Å². The first-order valence-corrected chi connectivity index (χ1v) is 10.0. The average Bonchev–Trinajstić information content (AvgIpc) is 2.67. The van der Waals surface area contributed by atoms with Gasteiger partial charge in [-0.15, -0.1) is 11.8 Å². The smallest absolute Gasteiger partial charge is 0.378 e. The summed E-state index contributed by atoms with van der Waals surface area (Å²) < 4.78 is 81.0. The summed E-state index contributed by atoms with van der Waals surface area (Å²) in [4.78, 5) is 12.3. The molecule has 0 heterocycles. The second kappa shape index (κ2) is 9.52. The van der Waals surface area contributed by atoms with Crippen LogP contribution < -0.4 is 0 Å². The molecule has 0 unspecified atom stereocenters. The highest BCUT2D eigenvalue weighted by Crippen LogP contribution is 2.42. The lowest BCUT2D eigenvalue weighted by Crippen LogP contribution is -2.61. The summed E-state index contributed by atoms with van der Waals surface area (Å²) in [5.74, 6) is -2.45. The highest BCUT2D eigenvalue weighted by atomic mass is 32.2. The highest BCUT2D eigenvalue weighted by Gasteiger charge is 2.59. The lowest BCUT2D eigenvalue weighted by atomic mass is 9.98. The van der Waals surface area contributed by atoms with Crippen molar-refractivity contribution in [3.63, 3.8) is 0 Å². The van der Waals surface area contributed by atoms with Gasteiger partial charge in [-0.25, -0.2) is 0 Å². The van der Waals surface area contributed by atoms with Crippen molar-refractivity contribution in [1.29, 1.82) is 0 Å². The number of aryl methyl sites for hydroxylation is 1. The number of carbonyl (C=O) groups excluding carboxylic acids is 1. The van der Waals surface area contributed by atoms with Gasteiger partial charge >= 0.3 is 18.3 Å². The zero-order valence-electron chi connectivity index (χ0n) is 16.7. The van der Waals surface area contributed by atoms with Crippen LogP contribution in [0.1, 0.15) is 18.1 Å². The third-order valence-corrected chi connectivity index (χ3v) is 5.96. The first-order valence-electron chi connectivity index (χ1n) is 9.16. The number of hydrogen-bond acceptors (Lipinski definition) is 3. The monoisotopic (exact) mass is 465 g/mol. The minimum absolute atomic E-state index is 0.00494. The number of nitrogens with zero attached hydrogens (tertiary/aromatic N) is 1. The van der Waals surface area contributed by atoms with E-state index in [1.165, 1.54) is 24.3 Å². The molecule has 0 saturated carbocycles. The second-order valence-corrected chi connectivity index (χ2v) is 8.55. The maximum absolute atomic E-state index is 13.9. The second-order valence-electron chi connectivity index (χ2n) is 7.14. The maximum atomic E-state index is 13.9. The molecule has 2 aromatic carbocycles. The molecule has 0 aliphatic heterocycles. The van der Waals surface area contributed by atoms with Gasteiger partial charge in [-0.05, 0) is 31.5 Å². The molecular weight excluding hydrogens is 444 g/mol. The van der Waals surface area contributed by atoms with E-state index in [1.54, 1.807) is 37.3 Å². The number of carbonyl (C=O) groups is 1. The van der Waals surface area contributed by atoms with Gasteiger partial charge in [0.2, 0.25) is 0 Å². The van der Waals surface area contributed by atoms with E-state index in [0.717, 1.165) is 12.5 Å². The van der Waals surface area contributed by atoms with Crippen molar-refractivity contribution in [2.45, 2.75) is 48.5 Å². The number of halogens is 6. The van der Waals surface area contributed by atoms with Gasteiger partial charge in [0.15, 0.2) is 5.60 Å². The van der Waals surface area contributed by atoms with Gasteiger partial charge < -0.3 is 10.0 Å². The first kappa shape index (κ1) is 25.1. The van der Waals surface area contributed by atoms with Gasteiger partial charge in [0.05, 0.1) is 6.54 Å². The summed E-state index contributed by atoms with van der Waals surface area (Å²) in [5.41, 5.74) is -2.52. The van der Waals surface area contributed by atoms with Crippen molar-refractivity contribution in [3.05, 3.63) is 65.7 Å². The molecular formula is C21H21F6NO2S. The van der Waals surface area contributed by atoms with Crippen LogP contribution in [0.15, 0.2) is 59.5 Å². The minimum atomic E-state index is -5.39. The molecule has 2 rings (SSSR count). The standard InChI is InChI=1S/C21H21F6NO2S/c1-14-8-10-17(11-9-14)31-15(2)19(30,21(25,26)27)13-28(18(29)20(22,23)24)12-16-6-4-3-5-7-16/h3-11,15,30H,12-13H2,1-2H3/t15-,19-/m1/s1. The lowest BCUT2D eigenvalue weighted by Gasteiger charge is -2.39. The molecule has 31 heavy (non-hydrogen) atoms. The molecule has 0 spiro atoms. The van der Waals surface area contributed by atoms with Gasteiger partial charge in [0.1, 0.15) is 0 Å². The van der Waals surface area contributed by atoms with E-state index in [9.17, 15) is 36.2 Å². The molecule has 0 saturated heterocycles. The molecule has 0 aliphatic rings. The number of alkyl halides is 6. The summed E-state index contributed by atoms with van der Waals surface area (Å²) in [5, 5.41) is 8.99. The van der Waals surface area contributed by atoms with Gasteiger partial charge in [0, 0.05) is 16.7 Å². The summed E-state index contributed by atoms with van der Waals surface area (Å²) in [6.07, 6.45) is -10.7. The van der Waals surface area contributed by atoms with E-state index in [0.29, 0.717) is 16.7 Å². The first-order chi connectivity index (χ1) is 14.2. The molecule has 2 atom stereocenters. The molecule has 10 heteroatoms. The molecule has 0 bridgehead atoms. The Kier molecular flexibility index (Phi) is 7.70. The number of benzene rings is 2. The van der Waals surface area contributed by atoms with Gasteiger partial charge in [-0.1, -0.05) is 48.0 Å². The third kappa shape index (κ3) is 6.39. The predicted molar refractivity (Wildman–Crippen MR) is 105 cm³/mol. The fourth-order valence-electron chi connectivity index (χ4n) is 2.84. The Morgan fingerprint density at radius 1 is 1.00 bits per heavy atom. The predicted octanol–water partition coefficient (Wildman–Crippen LogP) is 5.36. The van der Waals surface area contributed by atoms with E-state index in [-0.39, 0.29) is 10.5 Å². The van der Waals surface area contributed by atoms with E-state index >= 15 is 0 Å². The van der Waals surface area contributed by atoms with Crippen LogP contribution in [0, 0.1) is 6.92 Å². The van der Waals surface area contributed by atoms with E-state index < -0.39 is 42.2 Å².